The van der Waals surface area contributed by atoms with Crippen LogP contribution in [-0.4, -0.2) is 33.8 Å². The van der Waals surface area contributed by atoms with Crippen LogP contribution in [-0.2, 0) is 0 Å². The molecule has 164 valence electrons. The van der Waals surface area contributed by atoms with Gasteiger partial charge >= 0.3 is 0 Å². The molecule has 0 fully saturated rings. The van der Waals surface area contributed by atoms with E-state index in [0.29, 0.717) is 22.8 Å². The Morgan fingerprint density at radius 3 is 2.33 bits per heavy atom. The van der Waals surface area contributed by atoms with Gasteiger partial charge in [0, 0.05) is 53.7 Å². The zero-order valence-electron chi connectivity index (χ0n) is 18.2. The summed E-state index contributed by atoms with van der Waals surface area (Å²) in [6, 6.07) is 17.6. The fourth-order valence-corrected chi connectivity index (χ4v) is 3.17. The quantitative estimate of drug-likeness (QED) is 0.416. The first-order valence-electron chi connectivity index (χ1n) is 10.3. The van der Waals surface area contributed by atoms with E-state index in [9.17, 15) is 9.59 Å². The van der Waals surface area contributed by atoms with Gasteiger partial charge < -0.3 is 16.0 Å². The van der Waals surface area contributed by atoms with Gasteiger partial charge in [-0.3, -0.25) is 14.6 Å². The van der Waals surface area contributed by atoms with Gasteiger partial charge in [-0.25, -0.2) is 9.97 Å². The normalized spacial score (nSPS) is 10.4. The van der Waals surface area contributed by atoms with Crippen LogP contribution in [0.1, 0.15) is 26.3 Å². The summed E-state index contributed by atoms with van der Waals surface area (Å²) >= 11 is 0. The predicted molar refractivity (Wildman–Crippen MR) is 128 cm³/mol. The highest BCUT2D eigenvalue weighted by molar-refractivity contribution is 6.05. The maximum atomic E-state index is 12.7. The van der Waals surface area contributed by atoms with E-state index in [0.717, 1.165) is 22.5 Å². The van der Waals surface area contributed by atoms with Crippen LogP contribution < -0.4 is 16.0 Å². The highest BCUT2D eigenvalue weighted by Crippen LogP contribution is 2.24. The molecule has 0 aliphatic carbocycles. The van der Waals surface area contributed by atoms with Crippen molar-refractivity contribution in [1.82, 2.24) is 20.3 Å². The molecular weight excluding hydrogens is 416 g/mol. The largest absolute Gasteiger partial charge is 0.355 e. The molecule has 0 aliphatic rings. The van der Waals surface area contributed by atoms with E-state index in [1.54, 1.807) is 49.9 Å². The van der Waals surface area contributed by atoms with Gasteiger partial charge in [0.15, 0.2) is 0 Å². The van der Waals surface area contributed by atoms with Gasteiger partial charge in [-0.1, -0.05) is 6.07 Å². The highest BCUT2D eigenvalue weighted by atomic mass is 16.2. The van der Waals surface area contributed by atoms with E-state index in [1.165, 1.54) is 0 Å². The SMILES string of the molecule is CNC(=O)c1ccc(C(=O)Nc2ccc(C)c(Nc3nccc(-c4cccnc4)n3)c2)cc1. The zero-order chi connectivity index (χ0) is 23.2. The second-order valence-electron chi connectivity index (χ2n) is 7.27. The molecule has 2 heterocycles. The number of benzene rings is 2. The minimum Gasteiger partial charge on any atom is -0.355 e. The number of nitrogens with zero attached hydrogens (tertiary/aromatic N) is 3. The van der Waals surface area contributed by atoms with Crippen molar-refractivity contribution in [2.45, 2.75) is 6.92 Å². The van der Waals surface area contributed by atoms with Crippen LogP contribution in [0.5, 0.6) is 0 Å². The summed E-state index contributed by atoms with van der Waals surface area (Å²) in [5.74, 6) is -0.0400. The Balaban J connectivity index is 1.50. The third kappa shape index (κ3) is 5.19. The molecule has 2 aromatic heterocycles. The van der Waals surface area contributed by atoms with Crippen LogP contribution >= 0.6 is 0 Å². The second kappa shape index (κ2) is 9.69. The minimum atomic E-state index is -0.275. The number of hydrogen-bond acceptors (Lipinski definition) is 6. The Morgan fingerprint density at radius 2 is 1.64 bits per heavy atom. The summed E-state index contributed by atoms with van der Waals surface area (Å²) in [5, 5.41) is 8.66. The average Bonchev–Trinajstić information content (AvgIpc) is 2.86. The third-order valence-corrected chi connectivity index (χ3v) is 4.99. The molecule has 2 aromatic carbocycles. The van der Waals surface area contributed by atoms with Gasteiger partial charge in [0.2, 0.25) is 5.95 Å². The average molecular weight is 438 g/mol. The molecule has 3 N–H and O–H groups in total. The maximum Gasteiger partial charge on any atom is 0.255 e. The van der Waals surface area contributed by atoms with Crippen molar-refractivity contribution >= 4 is 29.1 Å². The molecule has 0 spiro atoms. The zero-order valence-corrected chi connectivity index (χ0v) is 18.2. The summed E-state index contributed by atoms with van der Waals surface area (Å²) in [5.41, 5.74) is 4.94. The lowest BCUT2D eigenvalue weighted by molar-refractivity contribution is 0.0961. The molecule has 8 nitrogen and oxygen atoms in total. The number of nitrogens with one attached hydrogen (secondary N) is 3. The Bertz CT molecular complexity index is 1290. The molecule has 0 saturated carbocycles. The number of aromatic nitrogens is 3. The molecule has 2 amide bonds. The third-order valence-electron chi connectivity index (χ3n) is 4.99. The number of anilines is 3. The molecule has 4 rings (SSSR count). The molecule has 33 heavy (non-hydrogen) atoms. The number of aryl methyl sites for hydroxylation is 1. The summed E-state index contributed by atoms with van der Waals surface area (Å²) in [6.07, 6.45) is 5.14. The summed E-state index contributed by atoms with van der Waals surface area (Å²) in [7, 11) is 1.56. The first kappa shape index (κ1) is 21.6. The maximum absolute atomic E-state index is 12.7. The van der Waals surface area contributed by atoms with Crippen molar-refractivity contribution < 1.29 is 9.59 Å². The van der Waals surface area contributed by atoms with Gasteiger partial charge in [0.25, 0.3) is 11.8 Å². The highest BCUT2D eigenvalue weighted by Gasteiger charge is 2.10. The van der Waals surface area contributed by atoms with Crippen molar-refractivity contribution in [2.75, 3.05) is 17.7 Å². The van der Waals surface area contributed by atoms with Crippen LogP contribution in [0, 0.1) is 6.92 Å². The van der Waals surface area contributed by atoms with E-state index in [4.69, 9.17) is 0 Å². The van der Waals surface area contributed by atoms with E-state index in [-0.39, 0.29) is 11.8 Å². The van der Waals surface area contributed by atoms with Crippen LogP contribution in [0.4, 0.5) is 17.3 Å². The van der Waals surface area contributed by atoms with E-state index in [1.807, 2.05) is 43.3 Å². The molecule has 0 aliphatic heterocycles. The van der Waals surface area contributed by atoms with Crippen molar-refractivity contribution in [3.8, 4) is 11.3 Å². The summed E-state index contributed by atoms with van der Waals surface area (Å²) in [6.45, 7) is 1.95. The number of amides is 2. The minimum absolute atomic E-state index is 0.203. The molecule has 0 atom stereocenters. The van der Waals surface area contributed by atoms with Crippen LogP contribution in [0.15, 0.2) is 79.3 Å². The standard InChI is InChI=1S/C25H22N6O2/c1-16-5-10-20(29-24(33)18-8-6-17(7-9-18)23(32)26-2)14-22(16)31-25-28-13-11-21(30-25)19-4-3-12-27-15-19/h3-15H,1-2H3,(H,26,32)(H,29,33)(H,28,30,31). The fraction of sp³-hybridized carbons (Fsp3) is 0.0800. The smallest absolute Gasteiger partial charge is 0.255 e. The predicted octanol–water partition coefficient (Wildman–Crippen LogP) is 4.20. The van der Waals surface area contributed by atoms with Gasteiger partial charge in [0.1, 0.15) is 0 Å². The van der Waals surface area contributed by atoms with Crippen LogP contribution in [0.3, 0.4) is 0 Å². The van der Waals surface area contributed by atoms with E-state index in [2.05, 4.69) is 30.9 Å². The number of pyridine rings is 1. The Hall–Kier alpha value is -4.59. The fourth-order valence-electron chi connectivity index (χ4n) is 3.17. The lowest BCUT2D eigenvalue weighted by Crippen LogP contribution is -2.18. The lowest BCUT2D eigenvalue weighted by atomic mass is 10.1. The second-order valence-corrected chi connectivity index (χ2v) is 7.27. The summed E-state index contributed by atoms with van der Waals surface area (Å²) < 4.78 is 0. The molecule has 0 unspecified atom stereocenters. The van der Waals surface area contributed by atoms with Gasteiger partial charge in [0.05, 0.1) is 5.69 Å². The van der Waals surface area contributed by atoms with Crippen molar-refractivity contribution in [3.63, 3.8) is 0 Å². The molecule has 0 bridgehead atoms. The van der Waals surface area contributed by atoms with Gasteiger partial charge in [-0.2, -0.15) is 0 Å². The monoisotopic (exact) mass is 438 g/mol. The number of rotatable bonds is 6. The first-order valence-corrected chi connectivity index (χ1v) is 10.3. The van der Waals surface area contributed by atoms with Crippen LogP contribution in [0.25, 0.3) is 11.3 Å². The topological polar surface area (TPSA) is 109 Å². The molecule has 0 radical (unpaired) electrons. The summed E-state index contributed by atoms with van der Waals surface area (Å²) in [4.78, 5) is 37.3. The van der Waals surface area contributed by atoms with Gasteiger partial charge in [-0.05, 0) is 67.1 Å². The molecule has 0 saturated heterocycles. The molecular formula is C25H22N6O2. The van der Waals surface area contributed by atoms with Crippen molar-refractivity contribution in [1.29, 1.82) is 0 Å². The lowest BCUT2D eigenvalue weighted by Gasteiger charge is -2.12. The Morgan fingerprint density at radius 1 is 0.879 bits per heavy atom. The van der Waals surface area contributed by atoms with E-state index < -0.39 is 0 Å². The van der Waals surface area contributed by atoms with Crippen molar-refractivity contribution in [3.05, 3.63) is 95.9 Å². The molecule has 4 aromatic rings. The number of carbonyl (C=O) groups excluding carboxylic acids is 2. The number of hydrogen-bond donors (Lipinski definition) is 3. The van der Waals surface area contributed by atoms with E-state index >= 15 is 0 Å². The van der Waals surface area contributed by atoms with Crippen LogP contribution in [0.2, 0.25) is 0 Å². The molecule has 8 heteroatoms. The number of carbonyl (C=O) groups is 2. The van der Waals surface area contributed by atoms with Gasteiger partial charge in [-0.15, -0.1) is 0 Å². The Labute approximate surface area is 191 Å². The Kier molecular flexibility index (Phi) is 6.36. The van der Waals surface area contributed by atoms with Crippen molar-refractivity contribution in [2.24, 2.45) is 0 Å². The first-order chi connectivity index (χ1) is 16.0.